The largest absolute Gasteiger partial charge is 0.411 e. The van der Waals surface area contributed by atoms with Gasteiger partial charge in [0.25, 0.3) is 0 Å². The second-order valence-electron chi connectivity index (χ2n) is 6.92. The summed E-state index contributed by atoms with van der Waals surface area (Å²) in [5.41, 5.74) is 6.20. The van der Waals surface area contributed by atoms with Gasteiger partial charge in [-0.3, -0.25) is 0 Å². The first-order valence-electron chi connectivity index (χ1n) is 6.95. The van der Waals surface area contributed by atoms with Gasteiger partial charge in [0.15, 0.2) is 0 Å². The van der Waals surface area contributed by atoms with Crippen molar-refractivity contribution in [3.05, 3.63) is 0 Å². The molecule has 5 heteroatoms. The van der Waals surface area contributed by atoms with Gasteiger partial charge in [-0.05, 0) is 43.4 Å². The lowest BCUT2D eigenvalue weighted by atomic mass is 9.67. The van der Waals surface area contributed by atoms with Crippen LogP contribution in [0.3, 0.4) is 0 Å². The molecule has 0 unspecified atom stereocenters. The molecule has 0 bridgehead atoms. The maximum Gasteiger partial charge on any atom is 0.411 e. The molecule has 1 aliphatic carbocycles. The minimum absolute atomic E-state index is 0.0934. The van der Waals surface area contributed by atoms with E-state index >= 15 is 0 Å². The Morgan fingerprint density at radius 2 is 1.68 bits per heavy atom. The number of hydrogen-bond acceptors (Lipinski definition) is 2. The molecule has 0 radical (unpaired) electrons. The highest BCUT2D eigenvalue weighted by Gasteiger charge is 2.36. The van der Waals surface area contributed by atoms with Crippen molar-refractivity contribution in [1.29, 1.82) is 0 Å². The molecular weight excluding hydrogens is 255 g/mol. The van der Waals surface area contributed by atoms with Crippen molar-refractivity contribution in [1.82, 2.24) is 0 Å². The number of rotatable bonds is 4. The minimum atomic E-state index is -4.24. The van der Waals surface area contributed by atoms with E-state index in [1.54, 1.807) is 0 Å². The smallest absolute Gasteiger partial charge is 0.372 e. The zero-order valence-electron chi connectivity index (χ0n) is 12.1. The van der Waals surface area contributed by atoms with Crippen LogP contribution in [0.2, 0.25) is 0 Å². The Bertz CT molecular complexity index is 275. The van der Waals surface area contributed by atoms with Crippen molar-refractivity contribution in [2.24, 2.45) is 17.1 Å². The Morgan fingerprint density at radius 3 is 2.11 bits per heavy atom. The summed E-state index contributed by atoms with van der Waals surface area (Å²) < 4.78 is 40.5. The lowest BCUT2D eigenvalue weighted by Crippen LogP contribution is -2.46. The number of nitrogens with two attached hydrogens (primary N) is 1. The van der Waals surface area contributed by atoms with Crippen LogP contribution >= 0.6 is 0 Å². The normalized spacial score (nSPS) is 29.5. The van der Waals surface area contributed by atoms with E-state index in [1.807, 2.05) is 0 Å². The number of alkyl halides is 3. The molecule has 0 aliphatic heterocycles. The van der Waals surface area contributed by atoms with Crippen molar-refractivity contribution in [2.75, 3.05) is 13.2 Å². The van der Waals surface area contributed by atoms with Crippen molar-refractivity contribution in [2.45, 2.75) is 64.6 Å². The molecule has 1 fully saturated rings. The molecule has 0 aromatic heterocycles. The van der Waals surface area contributed by atoms with E-state index < -0.39 is 12.8 Å². The van der Waals surface area contributed by atoms with Crippen LogP contribution in [0.5, 0.6) is 0 Å². The molecule has 0 atom stereocenters. The lowest BCUT2D eigenvalue weighted by Gasteiger charge is -2.42. The molecule has 0 spiro atoms. The van der Waals surface area contributed by atoms with Gasteiger partial charge < -0.3 is 10.5 Å². The fourth-order valence-electron chi connectivity index (χ4n) is 2.77. The monoisotopic (exact) mass is 281 g/mol. The molecule has 0 heterocycles. The quantitative estimate of drug-likeness (QED) is 0.793. The van der Waals surface area contributed by atoms with E-state index in [-0.39, 0.29) is 17.6 Å². The molecule has 19 heavy (non-hydrogen) atoms. The van der Waals surface area contributed by atoms with Crippen LogP contribution in [0.15, 0.2) is 0 Å². The molecule has 2 nitrogen and oxygen atoms in total. The Hall–Kier alpha value is -0.290. The summed E-state index contributed by atoms with van der Waals surface area (Å²) in [6.07, 6.45) is 0.138. The van der Waals surface area contributed by atoms with Gasteiger partial charge in [0.05, 0.1) is 0 Å². The van der Waals surface area contributed by atoms with Crippen molar-refractivity contribution in [3.63, 3.8) is 0 Å². The van der Waals surface area contributed by atoms with Crippen LogP contribution < -0.4 is 5.73 Å². The third-order valence-electron chi connectivity index (χ3n) is 4.22. The van der Waals surface area contributed by atoms with E-state index in [2.05, 4.69) is 25.5 Å². The maximum absolute atomic E-state index is 11.9. The van der Waals surface area contributed by atoms with E-state index in [0.717, 1.165) is 25.7 Å². The second kappa shape index (κ2) is 6.00. The van der Waals surface area contributed by atoms with Gasteiger partial charge in [0.1, 0.15) is 6.61 Å². The lowest BCUT2D eigenvalue weighted by molar-refractivity contribution is -0.175. The summed E-state index contributed by atoms with van der Waals surface area (Å²) >= 11 is 0. The van der Waals surface area contributed by atoms with E-state index in [1.165, 1.54) is 0 Å². The van der Waals surface area contributed by atoms with Crippen molar-refractivity contribution >= 4 is 0 Å². The predicted octanol–water partition coefficient (Wildman–Crippen LogP) is 3.89. The SMILES string of the molecule is CC(C)(C)C1CCC(N)(CCOCC(F)(F)F)CC1. The third kappa shape index (κ3) is 6.13. The van der Waals surface area contributed by atoms with Gasteiger partial charge in [0, 0.05) is 12.1 Å². The molecule has 114 valence electrons. The Morgan fingerprint density at radius 1 is 1.16 bits per heavy atom. The Kier molecular flexibility index (Phi) is 5.29. The molecule has 1 aliphatic rings. The molecule has 2 N–H and O–H groups in total. The van der Waals surface area contributed by atoms with E-state index in [4.69, 9.17) is 5.73 Å². The Labute approximate surface area is 113 Å². The number of halogens is 3. The summed E-state index contributed by atoms with van der Waals surface area (Å²) in [6, 6.07) is 0. The highest BCUT2D eigenvalue weighted by molar-refractivity contribution is 4.92. The summed E-state index contributed by atoms with van der Waals surface area (Å²) in [6.45, 7) is 5.61. The fourth-order valence-corrected chi connectivity index (χ4v) is 2.77. The summed E-state index contributed by atoms with van der Waals surface area (Å²) in [4.78, 5) is 0. The molecule has 0 amide bonds. The van der Waals surface area contributed by atoms with Gasteiger partial charge in [-0.25, -0.2) is 0 Å². The minimum Gasteiger partial charge on any atom is -0.372 e. The topological polar surface area (TPSA) is 35.2 Å². The highest BCUT2D eigenvalue weighted by Crippen LogP contribution is 2.41. The van der Waals surface area contributed by atoms with Gasteiger partial charge in [-0.15, -0.1) is 0 Å². The third-order valence-corrected chi connectivity index (χ3v) is 4.22. The average molecular weight is 281 g/mol. The van der Waals surface area contributed by atoms with E-state index in [0.29, 0.717) is 12.3 Å². The van der Waals surface area contributed by atoms with Gasteiger partial charge in [-0.1, -0.05) is 20.8 Å². The first kappa shape index (κ1) is 16.8. The zero-order valence-corrected chi connectivity index (χ0v) is 12.1. The van der Waals surface area contributed by atoms with Gasteiger partial charge >= 0.3 is 6.18 Å². The summed E-state index contributed by atoms with van der Waals surface area (Å²) in [5.74, 6) is 0.653. The van der Waals surface area contributed by atoms with Crippen LogP contribution in [0.1, 0.15) is 52.9 Å². The maximum atomic E-state index is 11.9. The second-order valence-corrected chi connectivity index (χ2v) is 6.92. The molecule has 1 rings (SSSR count). The van der Waals surface area contributed by atoms with Gasteiger partial charge in [0.2, 0.25) is 0 Å². The molecule has 0 saturated heterocycles. The first-order valence-corrected chi connectivity index (χ1v) is 6.95. The van der Waals surface area contributed by atoms with Crippen LogP contribution in [0.4, 0.5) is 13.2 Å². The average Bonchev–Trinajstić information content (AvgIpc) is 2.22. The van der Waals surface area contributed by atoms with Gasteiger partial charge in [-0.2, -0.15) is 13.2 Å². The number of ether oxygens (including phenoxy) is 1. The summed E-state index contributed by atoms with van der Waals surface area (Å²) in [5, 5.41) is 0. The van der Waals surface area contributed by atoms with Crippen LogP contribution in [0, 0.1) is 11.3 Å². The Balaban J connectivity index is 2.28. The molecular formula is C14H26F3NO. The van der Waals surface area contributed by atoms with Crippen molar-refractivity contribution in [3.8, 4) is 0 Å². The van der Waals surface area contributed by atoms with Crippen LogP contribution in [-0.2, 0) is 4.74 Å². The molecule has 1 saturated carbocycles. The predicted molar refractivity (Wildman–Crippen MR) is 69.8 cm³/mol. The number of hydrogen-bond donors (Lipinski definition) is 1. The van der Waals surface area contributed by atoms with Crippen LogP contribution in [0.25, 0.3) is 0 Å². The van der Waals surface area contributed by atoms with Crippen LogP contribution in [-0.4, -0.2) is 24.9 Å². The fraction of sp³-hybridized carbons (Fsp3) is 1.00. The standard InChI is InChI=1S/C14H26F3NO/c1-12(2,3)11-4-6-13(18,7-5-11)8-9-19-10-14(15,16)17/h11H,4-10,18H2,1-3H3. The molecule has 0 aromatic carbocycles. The van der Waals surface area contributed by atoms with Crippen molar-refractivity contribution < 1.29 is 17.9 Å². The molecule has 0 aromatic rings. The zero-order chi connectivity index (χ0) is 14.7. The first-order chi connectivity index (χ1) is 8.52. The highest BCUT2D eigenvalue weighted by atomic mass is 19.4. The van der Waals surface area contributed by atoms with E-state index in [9.17, 15) is 13.2 Å². The summed E-state index contributed by atoms with van der Waals surface area (Å²) in [7, 11) is 0.